The van der Waals surface area contributed by atoms with Gasteiger partial charge in [0.25, 0.3) is 0 Å². The second-order valence-corrected chi connectivity index (χ2v) is 28.8. The zero-order valence-corrected chi connectivity index (χ0v) is 63.3. The molecule has 0 aromatic heterocycles. The number of amides is 1. The van der Waals surface area contributed by atoms with E-state index < -0.39 is 124 Å². The molecule has 19 heteroatoms. The molecule has 3 aliphatic heterocycles. The van der Waals surface area contributed by atoms with Gasteiger partial charge in [-0.25, -0.2) is 0 Å². The molecular weight excluding hydrogens is 1300 g/mol. The summed E-state index contributed by atoms with van der Waals surface area (Å²) in [7, 11) is 0. The first-order chi connectivity index (χ1) is 49.8. The average molecular weight is 1450 g/mol. The Kier molecular flexibility index (Phi) is 57.5. The second kappa shape index (κ2) is 63.0. The molecule has 592 valence electrons. The molecule has 0 aliphatic carbocycles. The van der Waals surface area contributed by atoms with E-state index in [2.05, 4.69) is 92.1 Å². The third kappa shape index (κ3) is 42.5. The zero-order chi connectivity index (χ0) is 73.9. The molecule has 19 nitrogen and oxygen atoms in total. The molecule has 102 heavy (non-hydrogen) atoms. The molecule has 0 saturated carbocycles. The van der Waals surface area contributed by atoms with Crippen molar-refractivity contribution in [1.29, 1.82) is 0 Å². The lowest BCUT2D eigenvalue weighted by Crippen LogP contribution is -2.66. The third-order valence-electron chi connectivity index (χ3n) is 19.9. The van der Waals surface area contributed by atoms with Crippen LogP contribution in [0, 0.1) is 0 Å². The Morgan fingerprint density at radius 2 is 0.686 bits per heavy atom. The Hall–Kier alpha value is -3.03. The molecule has 3 rings (SSSR count). The monoisotopic (exact) mass is 1450 g/mol. The van der Waals surface area contributed by atoms with Crippen LogP contribution in [0.15, 0.2) is 85.1 Å². The summed E-state index contributed by atoms with van der Waals surface area (Å²) in [4.78, 5) is 13.5. The highest BCUT2D eigenvalue weighted by Gasteiger charge is 2.54. The highest BCUT2D eigenvalue weighted by atomic mass is 16.8. The van der Waals surface area contributed by atoms with Crippen molar-refractivity contribution in [2.45, 2.75) is 407 Å². The highest BCUT2D eigenvalue weighted by molar-refractivity contribution is 5.76. The summed E-state index contributed by atoms with van der Waals surface area (Å²) >= 11 is 0. The molecule has 3 heterocycles. The van der Waals surface area contributed by atoms with Crippen molar-refractivity contribution in [3.05, 3.63) is 85.1 Å². The summed E-state index contributed by atoms with van der Waals surface area (Å²) in [5.74, 6) is -0.292. The number of allylic oxidation sites excluding steroid dienone is 13. The fourth-order valence-corrected chi connectivity index (χ4v) is 13.4. The van der Waals surface area contributed by atoms with Crippen LogP contribution in [0.5, 0.6) is 0 Å². The molecule has 3 saturated heterocycles. The maximum absolute atomic E-state index is 13.5. The van der Waals surface area contributed by atoms with Gasteiger partial charge in [0.2, 0.25) is 5.91 Å². The molecule has 0 spiro atoms. The maximum atomic E-state index is 13.5. The number of unbranched alkanes of at least 4 members (excludes halogenated alkanes) is 36. The summed E-state index contributed by atoms with van der Waals surface area (Å²) in [6.07, 6.45) is 57.2. The van der Waals surface area contributed by atoms with Crippen LogP contribution in [0.25, 0.3) is 0 Å². The van der Waals surface area contributed by atoms with Crippen LogP contribution in [0.3, 0.4) is 0 Å². The van der Waals surface area contributed by atoms with E-state index in [4.69, 9.17) is 28.4 Å². The molecule has 1 amide bonds. The Balaban J connectivity index is 1.38. The number of ether oxygens (including phenoxy) is 6. The summed E-state index contributed by atoms with van der Waals surface area (Å²) in [5.41, 5.74) is 0. The summed E-state index contributed by atoms with van der Waals surface area (Å²) < 4.78 is 34.4. The van der Waals surface area contributed by atoms with E-state index in [9.17, 15) is 61.0 Å². The predicted octanol–water partition coefficient (Wildman–Crippen LogP) is 13.8. The standard InChI is InChI=1S/C83H147NO18/c1-3-5-7-9-11-13-15-17-19-21-23-25-27-29-30-31-32-33-34-35-37-38-40-42-44-46-48-50-52-54-56-58-60-67(88)66(84-71(89)61-59-57-55-53-51-49-47-45-43-41-39-36-28-26-24-22-20-18-16-14-12-10-8-6-4-2)65-97-81-77(95)74(92)79(69(63-86)99-81)102-83-78(96)75(93)80(70(64-87)100-83)101-82-76(94)73(91)72(90)68(62-85)98-82/h6,8,12,14,18,20,24,26,36,39,50,52,58,60,66-70,72-83,85-88,90-96H,3-5,7,9-11,13,15-17,19,21-23,25,27-35,37-38,40-49,51,53-57,59,61-65H2,1-2H3,(H,84,89)/b8-6-,14-12-,20-18-,26-24-,39-36-,52-50+,60-58+. The van der Waals surface area contributed by atoms with Crippen molar-refractivity contribution in [3.63, 3.8) is 0 Å². The van der Waals surface area contributed by atoms with Gasteiger partial charge >= 0.3 is 0 Å². The van der Waals surface area contributed by atoms with Gasteiger partial charge in [-0.1, -0.05) is 304 Å². The van der Waals surface area contributed by atoms with Crippen molar-refractivity contribution >= 4 is 5.91 Å². The van der Waals surface area contributed by atoms with Crippen molar-refractivity contribution in [1.82, 2.24) is 5.32 Å². The lowest BCUT2D eigenvalue weighted by Gasteiger charge is -2.48. The Bertz CT molecular complexity index is 2170. The van der Waals surface area contributed by atoms with Crippen LogP contribution in [-0.4, -0.2) is 193 Å². The lowest BCUT2D eigenvalue weighted by atomic mass is 9.96. The zero-order valence-electron chi connectivity index (χ0n) is 63.3. The van der Waals surface area contributed by atoms with Gasteiger partial charge in [-0.3, -0.25) is 4.79 Å². The summed E-state index contributed by atoms with van der Waals surface area (Å²) in [6, 6.07) is -1.00. The molecule has 17 atom stereocenters. The lowest BCUT2D eigenvalue weighted by molar-refractivity contribution is -0.379. The van der Waals surface area contributed by atoms with Gasteiger partial charge < -0.3 is 89.9 Å². The first-order valence-electron chi connectivity index (χ1n) is 40.8. The van der Waals surface area contributed by atoms with Gasteiger partial charge in [0.1, 0.15) is 73.2 Å². The summed E-state index contributed by atoms with van der Waals surface area (Å²) in [6.45, 7) is 1.63. The number of nitrogens with one attached hydrogen (secondary N) is 1. The number of aliphatic hydroxyl groups excluding tert-OH is 11. The molecule has 3 fully saturated rings. The number of carbonyl (C=O) groups excluding carboxylic acids is 1. The van der Waals surface area contributed by atoms with E-state index in [0.717, 1.165) is 83.5 Å². The van der Waals surface area contributed by atoms with E-state index in [0.29, 0.717) is 12.8 Å². The van der Waals surface area contributed by atoms with Crippen LogP contribution in [0.4, 0.5) is 0 Å². The van der Waals surface area contributed by atoms with E-state index in [-0.39, 0.29) is 18.9 Å². The van der Waals surface area contributed by atoms with Crippen molar-refractivity contribution in [2.75, 3.05) is 26.4 Å². The highest BCUT2D eigenvalue weighted by Crippen LogP contribution is 2.33. The minimum Gasteiger partial charge on any atom is -0.394 e. The SMILES string of the molecule is CC/C=C\C/C=C\C/C=C\C/C=C\C/C=C\CCCCCCCCCCCC(=O)NC(COC1OC(CO)C(OC2OC(CO)C(OC3OC(CO)C(O)C(O)C3O)C(O)C2O)C(O)C1O)C(O)/C=C/CC/C=C/CCCCCCCCCCCCCCCCCCCCCCCCCCCC. The molecule has 12 N–H and O–H groups in total. The van der Waals surface area contributed by atoms with E-state index >= 15 is 0 Å². The first-order valence-corrected chi connectivity index (χ1v) is 40.8. The normalized spacial score (nSPS) is 26.6. The average Bonchev–Trinajstić information content (AvgIpc) is 0.781. The minimum absolute atomic E-state index is 0.224. The minimum atomic E-state index is -1.99. The van der Waals surface area contributed by atoms with Crippen LogP contribution in [0.1, 0.15) is 303 Å². The number of hydrogen-bond donors (Lipinski definition) is 12. The van der Waals surface area contributed by atoms with Crippen molar-refractivity contribution in [3.8, 4) is 0 Å². The van der Waals surface area contributed by atoms with Gasteiger partial charge in [-0.2, -0.15) is 0 Å². The Morgan fingerprint density at radius 3 is 1.10 bits per heavy atom. The predicted molar refractivity (Wildman–Crippen MR) is 406 cm³/mol. The topological polar surface area (TPSA) is 307 Å². The molecular formula is C83H147NO18. The smallest absolute Gasteiger partial charge is 0.220 e. The van der Waals surface area contributed by atoms with Crippen molar-refractivity contribution in [2.24, 2.45) is 0 Å². The van der Waals surface area contributed by atoms with E-state index in [1.165, 1.54) is 186 Å². The first kappa shape index (κ1) is 93.2. The number of carbonyl (C=O) groups is 1. The molecule has 0 aromatic rings. The fourth-order valence-electron chi connectivity index (χ4n) is 13.4. The molecule has 3 aliphatic rings. The van der Waals surface area contributed by atoms with E-state index in [1.54, 1.807) is 6.08 Å². The van der Waals surface area contributed by atoms with Gasteiger partial charge in [-0.15, -0.1) is 0 Å². The number of hydrogen-bond acceptors (Lipinski definition) is 18. The van der Waals surface area contributed by atoms with Gasteiger partial charge in [0.15, 0.2) is 18.9 Å². The van der Waals surface area contributed by atoms with E-state index in [1.807, 2.05) is 6.08 Å². The number of rotatable bonds is 64. The van der Waals surface area contributed by atoms with Crippen LogP contribution < -0.4 is 5.32 Å². The van der Waals surface area contributed by atoms with Gasteiger partial charge in [-0.05, 0) is 77.0 Å². The van der Waals surface area contributed by atoms with Crippen LogP contribution in [0.2, 0.25) is 0 Å². The van der Waals surface area contributed by atoms with Gasteiger partial charge in [0, 0.05) is 6.42 Å². The number of aliphatic hydroxyl groups is 11. The third-order valence-corrected chi connectivity index (χ3v) is 19.9. The Morgan fingerprint density at radius 1 is 0.363 bits per heavy atom. The molecule has 0 bridgehead atoms. The van der Waals surface area contributed by atoms with Crippen molar-refractivity contribution < 1.29 is 89.4 Å². The molecule has 17 unspecified atom stereocenters. The quantitative estimate of drug-likeness (QED) is 0.0199. The molecule has 0 aromatic carbocycles. The van der Waals surface area contributed by atoms with Crippen LogP contribution in [-0.2, 0) is 33.2 Å². The second-order valence-electron chi connectivity index (χ2n) is 28.8. The van der Waals surface area contributed by atoms with Crippen LogP contribution >= 0.6 is 0 Å². The summed E-state index contributed by atoms with van der Waals surface area (Å²) in [5, 5.41) is 121. The fraction of sp³-hybridized carbons (Fsp3) is 0.819. The molecule has 0 radical (unpaired) electrons. The maximum Gasteiger partial charge on any atom is 0.220 e. The Labute approximate surface area is 616 Å². The largest absolute Gasteiger partial charge is 0.394 e. The van der Waals surface area contributed by atoms with Gasteiger partial charge in [0.05, 0.1) is 38.6 Å².